The molecule has 0 aliphatic heterocycles. The Balaban J connectivity index is 1.60. The number of urea groups is 1. The first-order chi connectivity index (χ1) is 9.65. The Kier molecular flexibility index (Phi) is 5.68. The normalized spacial score (nSPS) is 27.8. The van der Waals surface area contributed by atoms with Crippen molar-refractivity contribution < 1.29 is 14.7 Å². The number of carboxylic acid groups (broad SMARTS) is 1. The predicted octanol–water partition coefficient (Wildman–Crippen LogP) is 2.51. The van der Waals surface area contributed by atoms with Gasteiger partial charge in [0, 0.05) is 12.6 Å². The van der Waals surface area contributed by atoms with Crippen LogP contribution < -0.4 is 10.6 Å². The molecule has 0 spiro atoms. The van der Waals surface area contributed by atoms with Gasteiger partial charge < -0.3 is 15.7 Å². The Bertz CT molecular complexity index is 332. The second-order valence-corrected chi connectivity index (χ2v) is 6.25. The zero-order chi connectivity index (χ0) is 14.4. The number of carbonyl (C=O) groups is 2. The van der Waals surface area contributed by atoms with Gasteiger partial charge in [-0.2, -0.15) is 0 Å². The van der Waals surface area contributed by atoms with Crippen LogP contribution in [0.5, 0.6) is 0 Å². The molecule has 2 aliphatic carbocycles. The highest BCUT2D eigenvalue weighted by Crippen LogP contribution is 2.28. The fourth-order valence-corrected chi connectivity index (χ4v) is 3.33. The number of carbonyl (C=O) groups excluding carboxylic acids is 1. The lowest BCUT2D eigenvalue weighted by molar-refractivity contribution is -0.143. The molecule has 3 N–H and O–H groups in total. The zero-order valence-electron chi connectivity index (χ0n) is 12.1. The lowest BCUT2D eigenvalue weighted by atomic mass is 9.82. The van der Waals surface area contributed by atoms with Crippen LogP contribution in [0.1, 0.15) is 57.8 Å². The van der Waals surface area contributed by atoms with E-state index in [0.717, 1.165) is 38.5 Å². The Morgan fingerprint density at radius 1 is 0.950 bits per heavy atom. The molecule has 0 bridgehead atoms. The van der Waals surface area contributed by atoms with Crippen LogP contribution in [0.15, 0.2) is 0 Å². The molecule has 0 heterocycles. The summed E-state index contributed by atoms with van der Waals surface area (Å²) in [5.74, 6) is -0.420. The van der Waals surface area contributed by atoms with Crippen LogP contribution in [0.25, 0.3) is 0 Å². The lowest BCUT2D eigenvalue weighted by Crippen LogP contribution is -2.44. The van der Waals surface area contributed by atoms with Crippen molar-refractivity contribution in [1.29, 1.82) is 0 Å². The van der Waals surface area contributed by atoms with E-state index in [9.17, 15) is 9.59 Å². The van der Waals surface area contributed by atoms with Gasteiger partial charge in [0.15, 0.2) is 0 Å². The molecular weight excluding hydrogens is 256 g/mol. The van der Waals surface area contributed by atoms with Crippen LogP contribution in [-0.4, -0.2) is 29.7 Å². The minimum absolute atomic E-state index is 0.0581. The first-order valence-electron chi connectivity index (χ1n) is 7.92. The zero-order valence-corrected chi connectivity index (χ0v) is 12.1. The molecule has 2 saturated carbocycles. The third-order valence-corrected chi connectivity index (χ3v) is 4.69. The lowest BCUT2D eigenvalue weighted by Gasteiger charge is -2.27. The van der Waals surface area contributed by atoms with Crippen LogP contribution in [-0.2, 0) is 4.79 Å². The first-order valence-corrected chi connectivity index (χ1v) is 7.92. The smallest absolute Gasteiger partial charge is 0.315 e. The fourth-order valence-electron chi connectivity index (χ4n) is 3.33. The highest BCUT2D eigenvalue weighted by molar-refractivity contribution is 5.74. The molecule has 2 rings (SSSR count). The SMILES string of the molecule is O=C(NC[C@H]1CC[C@H](C(=O)O)CC1)NC1CCCCC1. The molecule has 0 aromatic rings. The van der Waals surface area contributed by atoms with Crippen LogP contribution in [0, 0.1) is 11.8 Å². The van der Waals surface area contributed by atoms with Gasteiger partial charge in [0.25, 0.3) is 0 Å². The summed E-state index contributed by atoms with van der Waals surface area (Å²) in [5, 5.41) is 14.9. The minimum atomic E-state index is -0.675. The van der Waals surface area contributed by atoms with Crippen molar-refractivity contribution in [3.05, 3.63) is 0 Å². The van der Waals surface area contributed by atoms with E-state index in [1.54, 1.807) is 0 Å². The predicted molar refractivity (Wildman–Crippen MR) is 76.5 cm³/mol. The van der Waals surface area contributed by atoms with Crippen molar-refractivity contribution in [3.63, 3.8) is 0 Å². The molecule has 0 radical (unpaired) electrons. The summed E-state index contributed by atoms with van der Waals surface area (Å²) in [4.78, 5) is 22.7. The van der Waals surface area contributed by atoms with E-state index in [4.69, 9.17) is 5.11 Å². The van der Waals surface area contributed by atoms with E-state index in [1.807, 2.05) is 0 Å². The molecule has 0 saturated heterocycles. The molecule has 0 atom stereocenters. The van der Waals surface area contributed by atoms with Crippen molar-refractivity contribution in [3.8, 4) is 0 Å². The van der Waals surface area contributed by atoms with Gasteiger partial charge in [-0.3, -0.25) is 4.79 Å². The monoisotopic (exact) mass is 282 g/mol. The standard InChI is InChI=1S/C15H26N2O3/c18-14(19)12-8-6-11(7-9-12)10-16-15(20)17-13-4-2-1-3-5-13/h11-13H,1-10H2,(H,18,19)(H2,16,17,20)/t11-,12-. The Hall–Kier alpha value is -1.26. The first kappa shape index (κ1) is 15.1. The largest absolute Gasteiger partial charge is 0.481 e. The molecule has 5 heteroatoms. The van der Waals surface area contributed by atoms with E-state index in [0.29, 0.717) is 18.5 Å². The second kappa shape index (κ2) is 7.50. The van der Waals surface area contributed by atoms with E-state index in [2.05, 4.69) is 10.6 Å². The molecule has 0 unspecified atom stereocenters. The second-order valence-electron chi connectivity index (χ2n) is 6.25. The summed E-state index contributed by atoms with van der Waals surface area (Å²) in [7, 11) is 0. The van der Waals surface area contributed by atoms with Gasteiger partial charge in [-0.15, -0.1) is 0 Å². The topological polar surface area (TPSA) is 78.4 Å². The highest BCUT2D eigenvalue weighted by Gasteiger charge is 2.26. The van der Waals surface area contributed by atoms with Crippen LogP contribution >= 0.6 is 0 Å². The van der Waals surface area contributed by atoms with Gasteiger partial charge in [0.1, 0.15) is 0 Å². The molecule has 2 aliphatic rings. The van der Waals surface area contributed by atoms with Crippen molar-refractivity contribution >= 4 is 12.0 Å². The molecule has 114 valence electrons. The fraction of sp³-hybridized carbons (Fsp3) is 0.867. The molecule has 2 amide bonds. The molecule has 0 aromatic heterocycles. The summed E-state index contributed by atoms with van der Waals surface area (Å²) in [6, 6.07) is 0.281. The third-order valence-electron chi connectivity index (χ3n) is 4.69. The average Bonchev–Trinajstić information content (AvgIpc) is 2.46. The Morgan fingerprint density at radius 3 is 2.20 bits per heavy atom. The maximum atomic E-state index is 11.8. The summed E-state index contributed by atoms with van der Waals surface area (Å²) in [6.07, 6.45) is 9.19. The number of hydrogen-bond donors (Lipinski definition) is 3. The van der Waals surface area contributed by atoms with Crippen LogP contribution in [0.4, 0.5) is 4.79 Å². The van der Waals surface area contributed by atoms with Crippen molar-refractivity contribution in [1.82, 2.24) is 10.6 Å². The summed E-state index contributed by atoms with van der Waals surface area (Å²) in [6.45, 7) is 0.672. The summed E-state index contributed by atoms with van der Waals surface area (Å²) in [5.41, 5.74) is 0. The van der Waals surface area contributed by atoms with Crippen molar-refractivity contribution in [2.24, 2.45) is 11.8 Å². The highest BCUT2D eigenvalue weighted by atomic mass is 16.4. The number of nitrogens with one attached hydrogen (secondary N) is 2. The van der Waals surface area contributed by atoms with Gasteiger partial charge in [-0.1, -0.05) is 19.3 Å². The number of aliphatic carboxylic acids is 1. The van der Waals surface area contributed by atoms with E-state index in [1.165, 1.54) is 19.3 Å². The Morgan fingerprint density at radius 2 is 1.60 bits per heavy atom. The molecule has 0 aromatic carbocycles. The van der Waals surface area contributed by atoms with Gasteiger partial charge in [0.05, 0.1) is 5.92 Å². The van der Waals surface area contributed by atoms with Crippen molar-refractivity contribution in [2.45, 2.75) is 63.8 Å². The van der Waals surface area contributed by atoms with Crippen LogP contribution in [0.2, 0.25) is 0 Å². The Labute approximate surface area is 120 Å². The minimum Gasteiger partial charge on any atom is -0.481 e. The maximum absolute atomic E-state index is 11.8. The molecule has 2 fully saturated rings. The maximum Gasteiger partial charge on any atom is 0.315 e. The number of carboxylic acids is 1. The van der Waals surface area contributed by atoms with Crippen molar-refractivity contribution in [2.75, 3.05) is 6.54 Å². The molecule has 5 nitrogen and oxygen atoms in total. The van der Waals surface area contributed by atoms with E-state index >= 15 is 0 Å². The summed E-state index contributed by atoms with van der Waals surface area (Å²) >= 11 is 0. The molecular formula is C15H26N2O3. The summed E-state index contributed by atoms with van der Waals surface area (Å²) < 4.78 is 0. The third kappa shape index (κ3) is 4.69. The van der Waals surface area contributed by atoms with E-state index in [-0.39, 0.29) is 11.9 Å². The van der Waals surface area contributed by atoms with Gasteiger partial charge in [-0.05, 0) is 44.4 Å². The average molecular weight is 282 g/mol. The number of rotatable bonds is 4. The quantitative estimate of drug-likeness (QED) is 0.741. The van der Waals surface area contributed by atoms with E-state index < -0.39 is 5.97 Å². The number of amides is 2. The van der Waals surface area contributed by atoms with Crippen LogP contribution in [0.3, 0.4) is 0 Å². The van der Waals surface area contributed by atoms with Gasteiger partial charge >= 0.3 is 12.0 Å². The molecule has 20 heavy (non-hydrogen) atoms. The number of hydrogen-bond acceptors (Lipinski definition) is 2. The van der Waals surface area contributed by atoms with Gasteiger partial charge in [0.2, 0.25) is 0 Å². The van der Waals surface area contributed by atoms with Gasteiger partial charge in [-0.25, -0.2) is 4.79 Å².